The number of allylic oxidation sites excluding steroid dienone is 4. The second-order valence-electron chi connectivity index (χ2n) is 29.5. The normalized spacial score (nSPS) is 14.3. The van der Waals surface area contributed by atoms with Gasteiger partial charge in [-0.05, 0) is 63.2 Å². The van der Waals surface area contributed by atoms with Gasteiger partial charge in [-0.1, -0.05) is 355 Å². The summed E-state index contributed by atoms with van der Waals surface area (Å²) >= 11 is 0. The van der Waals surface area contributed by atoms with Crippen molar-refractivity contribution in [3.63, 3.8) is 0 Å². The summed E-state index contributed by atoms with van der Waals surface area (Å²) in [5.41, 5.74) is 0. The monoisotopic (exact) mass is 1480 g/mol. The van der Waals surface area contributed by atoms with Crippen molar-refractivity contribution in [3.8, 4) is 0 Å². The number of esters is 4. The molecule has 0 bridgehead atoms. The highest BCUT2D eigenvalue weighted by Gasteiger charge is 2.30. The van der Waals surface area contributed by atoms with E-state index in [9.17, 15) is 43.2 Å². The van der Waals surface area contributed by atoms with Crippen molar-refractivity contribution >= 4 is 39.5 Å². The van der Waals surface area contributed by atoms with Gasteiger partial charge in [0.05, 0.1) is 26.4 Å². The number of hydrogen-bond donors (Lipinski definition) is 3. The molecule has 6 atom stereocenters. The van der Waals surface area contributed by atoms with Crippen molar-refractivity contribution < 1.29 is 80.2 Å². The first-order chi connectivity index (χ1) is 48.9. The number of hydrogen-bond acceptors (Lipinski definition) is 15. The summed E-state index contributed by atoms with van der Waals surface area (Å²) in [6, 6.07) is 0. The standard InChI is InChI=1S/C82H156O17P2/c1-7-10-12-14-15-16-17-18-25-33-38-43-48-54-60-66-81(86)98-77(70-92-79(84)64-58-50-13-11-8-2)72-96-100(88,89)94-68-76(83)69-95-101(90,91)97-73-78(71-93-80(85)65-59-53-47-42-37-32-28-24-23-26-30-35-40-45-51-56-62-74(4)5)99-82(87)67-61-55-49-44-39-34-29-22-20-19-21-27-31-36-41-46-52-57-63-75(6)9-3/h16-18,25,74-78,83H,7-15,19-24,26-73H2,1-6H3,(H,88,89)(H,90,91)/b17-16-,25-18-/t75?,76-,77+,78+/m0/s1. The summed E-state index contributed by atoms with van der Waals surface area (Å²) in [7, 11) is -9.92. The molecule has 101 heavy (non-hydrogen) atoms. The minimum Gasteiger partial charge on any atom is -0.462 e. The van der Waals surface area contributed by atoms with Gasteiger partial charge in [0, 0.05) is 25.7 Å². The lowest BCUT2D eigenvalue weighted by atomic mass is 9.99. The number of aliphatic hydroxyl groups is 1. The molecule has 0 aliphatic rings. The van der Waals surface area contributed by atoms with E-state index in [0.29, 0.717) is 25.7 Å². The second-order valence-corrected chi connectivity index (χ2v) is 32.5. The molecular formula is C82H156O17P2. The third-order valence-corrected chi connectivity index (χ3v) is 20.8. The minimum atomic E-state index is -4.96. The summed E-state index contributed by atoms with van der Waals surface area (Å²) in [4.78, 5) is 72.7. The SMILES string of the molecule is CCCCCC/C=C\C=C/CCCCCCCC(=O)O[C@H](COC(=O)CCCCCCC)COP(=O)(O)OC[C@H](O)COP(=O)(O)OC[C@@H](COC(=O)CCCCCCCCCCCCCCCCCCC(C)C)OC(=O)CCCCCCCCCCCCCCCCCCCCC(C)CC. The Morgan fingerprint density at radius 1 is 0.327 bits per heavy atom. The Bertz CT molecular complexity index is 2040. The van der Waals surface area contributed by atoms with Gasteiger partial charge in [-0.3, -0.25) is 37.3 Å². The van der Waals surface area contributed by atoms with E-state index in [1.807, 2.05) is 0 Å². The molecule has 0 spiro atoms. The molecule has 0 amide bonds. The second kappa shape index (κ2) is 73.1. The highest BCUT2D eigenvalue weighted by atomic mass is 31.2. The zero-order valence-corrected chi connectivity index (χ0v) is 67.5. The largest absolute Gasteiger partial charge is 0.472 e. The number of phosphoric acid groups is 2. The van der Waals surface area contributed by atoms with E-state index < -0.39 is 97.5 Å². The van der Waals surface area contributed by atoms with Gasteiger partial charge in [0.1, 0.15) is 19.3 Å². The van der Waals surface area contributed by atoms with Gasteiger partial charge in [0.2, 0.25) is 0 Å². The average molecular weight is 1480 g/mol. The highest BCUT2D eigenvalue weighted by molar-refractivity contribution is 7.47. The maximum Gasteiger partial charge on any atom is 0.472 e. The number of carbonyl (C=O) groups is 4. The quantitative estimate of drug-likeness (QED) is 0.0169. The van der Waals surface area contributed by atoms with Crippen LogP contribution >= 0.6 is 15.6 Å². The molecule has 0 aliphatic heterocycles. The summed E-state index contributed by atoms with van der Waals surface area (Å²) in [6.45, 7) is 9.57. The summed E-state index contributed by atoms with van der Waals surface area (Å²) < 4.78 is 68.4. The van der Waals surface area contributed by atoms with E-state index in [-0.39, 0.29) is 25.7 Å². The van der Waals surface area contributed by atoms with Crippen LogP contribution in [-0.2, 0) is 65.4 Å². The molecule has 0 fully saturated rings. The van der Waals surface area contributed by atoms with Gasteiger partial charge < -0.3 is 33.8 Å². The first-order valence-electron chi connectivity index (χ1n) is 41.8. The number of carbonyl (C=O) groups excluding carboxylic acids is 4. The Balaban J connectivity index is 5.14. The third-order valence-electron chi connectivity index (χ3n) is 18.9. The van der Waals surface area contributed by atoms with Crippen molar-refractivity contribution in [2.24, 2.45) is 11.8 Å². The fourth-order valence-electron chi connectivity index (χ4n) is 12.1. The van der Waals surface area contributed by atoms with Crippen LogP contribution in [0.1, 0.15) is 408 Å². The molecule has 3 N–H and O–H groups in total. The molecule has 0 rings (SSSR count). The zero-order chi connectivity index (χ0) is 74.2. The number of phosphoric ester groups is 2. The Labute approximate surface area is 618 Å². The van der Waals surface area contributed by atoms with Crippen LogP contribution in [0.5, 0.6) is 0 Å². The summed E-state index contributed by atoms with van der Waals surface area (Å²) in [6.07, 6.45) is 66.5. The lowest BCUT2D eigenvalue weighted by Crippen LogP contribution is -2.30. The smallest absolute Gasteiger partial charge is 0.462 e. The Morgan fingerprint density at radius 3 is 0.891 bits per heavy atom. The van der Waals surface area contributed by atoms with E-state index in [4.69, 9.17) is 37.0 Å². The van der Waals surface area contributed by atoms with Crippen LogP contribution in [-0.4, -0.2) is 96.7 Å². The number of unbranched alkanes of at least 4 members (excludes halogenated alkanes) is 45. The van der Waals surface area contributed by atoms with Crippen LogP contribution in [0.2, 0.25) is 0 Å². The van der Waals surface area contributed by atoms with Gasteiger partial charge in [-0.2, -0.15) is 0 Å². The molecule has 0 heterocycles. The minimum absolute atomic E-state index is 0.0843. The molecule has 19 heteroatoms. The Morgan fingerprint density at radius 2 is 0.584 bits per heavy atom. The number of rotatable bonds is 79. The molecule has 596 valence electrons. The first-order valence-corrected chi connectivity index (χ1v) is 44.8. The molecule has 0 saturated carbocycles. The summed E-state index contributed by atoms with van der Waals surface area (Å²) in [5, 5.41) is 10.6. The van der Waals surface area contributed by atoms with Crippen LogP contribution < -0.4 is 0 Å². The van der Waals surface area contributed by atoms with E-state index in [1.165, 1.54) is 205 Å². The van der Waals surface area contributed by atoms with Crippen LogP contribution in [0.15, 0.2) is 24.3 Å². The fraction of sp³-hybridized carbons (Fsp3) is 0.902. The van der Waals surface area contributed by atoms with Crippen LogP contribution in [0, 0.1) is 11.8 Å². The van der Waals surface area contributed by atoms with Crippen molar-refractivity contribution in [2.45, 2.75) is 426 Å². The topological polar surface area (TPSA) is 237 Å². The lowest BCUT2D eigenvalue weighted by Gasteiger charge is -2.21. The van der Waals surface area contributed by atoms with E-state index in [0.717, 1.165) is 121 Å². The molecular weight excluding hydrogens is 1320 g/mol. The van der Waals surface area contributed by atoms with Gasteiger partial charge in [-0.15, -0.1) is 0 Å². The Kier molecular flexibility index (Phi) is 71.3. The van der Waals surface area contributed by atoms with Crippen molar-refractivity contribution in [3.05, 3.63) is 24.3 Å². The zero-order valence-electron chi connectivity index (χ0n) is 65.7. The van der Waals surface area contributed by atoms with E-state index >= 15 is 0 Å². The van der Waals surface area contributed by atoms with Crippen LogP contribution in [0.3, 0.4) is 0 Å². The molecule has 0 aliphatic carbocycles. The first kappa shape index (κ1) is 98.5. The molecule has 0 saturated heterocycles. The highest BCUT2D eigenvalue weighted by Crippen LogP contribution is 2.45. The fourth-order valence-corrected chi connectivity index (χ4v) is 13.7. The van der Waals surface area contributed by atoms with E-state index in [1.54, 1.807) is 0 Å². The van der Waals surface area contributed by atoms with Crippen molar-refractivity contribution in [1.29, 1.82) is 0 Å². The van der Waals surface area contributed by atoms with Gasteiger partial charge >= 0.3 is 39.5 Å². The third kappa shape index (κ3) is 74.2. The maximum atomic E-state index is 13.1. The lowest BCUT2D eigenvalue weighted by molar-refractivity contribution is -0.161. The molecule has 0 aromatic heterocycles. The van der Waals surface area contributed by atoms with Crippen molar-refractivity contribution in [1.82, 2.24) is 0 Å². The molecule has 0 aromatic rings. The summed E-state index contributed by atoms with van der Waals surface area (Å²) in [5.74, 6) is -0.470. The maximum absolute atomic E-state index is 13.1. The van der Waals surface area contributed by atoms with Gasteiger partial charge in [-0.25, -0.2) is 9.13 Å². The molecule has 17 nitrogen and oxygen atoms in total. The van der Waals surface area contributed by atoms with Gasteiger partial charge in [0.15, 0.2) is 12.2 Å². The molecule has 0 radical (unpaired) electrons. The van der Waals surface area contributed by atoms with Crippen LogP contribution in [0.25, 0.3) is 0 Å². The van der Waals surface area contributed by atoms with Crippen molar-refractivity contribution in [2.75, 3.05) is 39.6 Å². The average Bonchev–Trinajstić information content (AvgIpc) is 0.978. The van der Waals surface area contributed by atoms with Crippen LogP contribution in [0.4, 0.5) is 0 Å². The number of ether oxygens (including phenoxy) is 4. The number of aliphatic hydroxyl groups excluding tert-OH is 1. The van der Waals surface area contributed by atoms with Gasteiger partial charge in [0.25, 0.3) is 0 Å². The Hall–Kier alpha value is -2.46. The molecule has 0 aromatic carbocycles. The predicted molar refractivity (Wildman–Crippen MR) is 414 cm³/mol. The predicted octanol–water partition coefficient (Wildman–Crippen LogP) is 24.2. The van der Waals surface area contributed by atoms with E-state index in [2.05, 4.69) is 65.8 Å². The molecule has 3 unspecified atom stereocenters.